The molecule has 5 heteroatoms. The summed E-state index contributed by atoms with van der Waals surface area (Å²) in [6, 6.07) is 10.4. The second-order valence-corrected chi connectivity index (χ2v) is 6.64. The van der Waals surface area contributed by atoms with Crippen LogP contribution in [0.25, 0.3) is 6.08 Å². The second kappa shape index (κ2) is 8.10. The van der Waals surface area contributed by atoms with Crippen LogP contribution in [-0.4, -0.2) is 38.7 Å². The van der Waals surface area contributed by atoms with E-state index in [1.54, 1.807) is 0 Å². The molecule has 5 nitrogen and oxygen atoms in total. The number of carbonyl (C=O) groups is 1. The smallest absolute Gasteiger partial charge is 0.222 e. The number of aromatic nitrogens is 3. The molecule has 132 valence electrons. The van der Waals surface area contributed by atoms with Crippen LogP contribution >= 0.6 is 0 Å². The number of amides is 1. The molecule has 0 N–H and O–H groups in total. The lowest BCUT2D eigenvalue weighted by Crippen LogP contribution is -2.41. The van der Waals surface area contributed by atoms with Gasteiger partial charge in [0.2, 0.25) is 5.91 Å². The van der Waals surface area contributed by atoms with Crippen molar-refractivity contribution in [2.24, 2.45) is 0 Å². The highest BCUT2D eigenvalue weighted by atomic mass is 16.2. The average molecular weight is 338 g/mol. The molecule has 1 aliphatic rings. The molecular formula is C20H26N4O. The van der Waals surface area contributed by atoms with E-state index in [9.17, 15) is 4.79 Å². The van der Waals surface area contributed by atoms with Gasteiger partial charge in [-0.25, -0.2) is 9.67 Å². The van der Waals surface area contributed by atoms with Gasteiger partial charge in [-0.2, -0.15) is 5.10 Å². The molecule has 1 aromatic carbocycles. The monoisotopic (exact) mass is 338 g/mol. The molecule has 0 aliphatic carbocycles. The summed E-state index contributed by atoms with van der Waals surface area (Å²) in [5.74, 6) is 1.96. The van der Waals surface area contributed by atoms with Crippen molar-refractivity contribution in [1.82, 2.24) is 19.7 Å². The molecular weight excluding hydrogens is 312 g/mol. The molecule has 0 radical (unpaired) electrons. The van der Waals surface area contributed by atoms with Crippen molar-refractivity contribution in [1.29, 1.82) is 0 Å². The number of nitrogens with zero attached hydrogens (tertiary/aromatic N) is 4. The van der Waals surface area contributed by atoms with Crippen LogP contribution in [0.4, 0.5) is 0 Å². The van der Waals surface area contributed by atoms with Crippen molar-refractivity contribution in [3.8, 4) is 0 Å². The Morgan fingerprint density at radius 3 is 2.80 bits per heavy atom. The number of piperidine rings is 1. The third-order valence-electron chi connectivity index (χ3n) is 4.64. The van der Waals surface area contributed by atoms with Gasteiger partial charge in [0, 0.05) is 19.5 Å². The Kier molecular flexibility index (Phi) is 5.64. The molecule has 1 amide bonds. The highest BCUT2D eigenvalue weighted by Crippen LogP contribution is 2.22. The minimum absolute atomic E-state index is 0.233. The first-order chi connectivity index (χ1) is 12.1. The number of aryl methyl sites for hydroxylation is 2. The van der Waals surface area contributed by atoms with Gasteiger partial charge in [0.25, 0.3) is 0 Å². The molecule has 1 unspecified atom stereocenters. The molecule has 0 spiro atoms. The average Bonchev–Trinajstić information content (AvgIpc) is 2.98. The predicted molar refractivity (Wildman–Crippen MR) is 99.1 cm³/mol. The number of carbonyl (C=O) groups excluding carboxylic acids is 1. The number of rotatable bonds is 5. The summed E-state index contributed by atoms with van der Waals surface area (Å²) in [5, 5.41) is 4.49. The summed E-state index contributed by atoms with van der Waals surface area (Å²) < 4.78 is 1.99. The van der Waals surface area contributed by atoms with E-state index in [1.807, 2.05) is 41.6 Å². The third kappa shape index (κ3) is 4.56. The van der Waals surface area contributed by atoms with Gasteiger partial charge in [-0.05, 0) is 38.7 Å². The Morgan fingerprint density at radius 2 is 2.08 bits per heavy atom. The Labute approximate surface area is 149 Å². The number of hydrogen-bond donors (Lipinski definition) is 0. The minimum atomic E-state index is 0.233. The fraction of sp³-hybridized carbons (Fsp3) is 0.450. The summed E-state index contributed by atoms with van der Waals surface area (Å²) in [7, 11) is 0. The summed E-state index contributed by atoms with van der Waals surface area (Å²) >= 11 is 0. The predicted octanol–water partition coefficient (Wildman–Crippen LogP) is 3.55. The molecule has 1 aromatic heterocycles. The maximum atomic E-state index is 12.5. The molecule has 1 saturated heterocycles. The first kappa shape index (κ1) is 17.4. The molecule has 2 aromatic rings. The number of allylic oxidation sites excluding steroid dienone is 1. The van der Waals surface area contributed by atoms with Crippen molar-refractivity contribution in [3.05, 3.63) is 53.6 Å². The van der Waals surface area contributed by atoms with Gasteiger partial charge in [0.1, 0.15) is 11.6 Å². The highest BCUT2D eigenvalue weighted by Gasteiger charge is 2.26. The summed E-state index contributed by atoms with van der Waals surface area (Å²) in [4.78, 5) is 18.9. The standard InChI is InChI=1S/C20H26N4O/c1-16-21-17(2)24(22-16)19-12-8-14-23(15-19)20(25)13-7-6-11-18-9-4-3-5-10-18/h3-6,9-11,19H,7-8,12-15H2,1-2H3/b11-6+. The van der Waals surface area contributed by atoms with Crippen LogP contribution < -0.4 is 0 Å². The van der Waals surface area contributed by atoms with Crippen LogP contribution in [-0.2, 0) is 4.79 Å². The van der Waals surface area contributed by atoms with Gasteiger partial charge in [-0.3, -0.25) is 4.79 Å². The lowest BCUT2D eigenvalue weighted by Gasteiger charge is -2.33. The van der Waals surface area contributed by atoms with Crippen molar-refractivity contribution in [2.75, 3.05) is 13.1 Å². The Morgan fingerprint density at radius 1 is 1.28 bits per heavy atom. The highest BCUT2D eigenvalue weighted by molar-refractivity contribution is 5.76. The summed E-state index contributed by atoms with van der Waals surface area (Å²) in [6.07, 6.45) is 7.57. The molecule has 25 heavy (non-hydrogen) atoms. The van der Waals surface area contributed by atoms with Crippen LogP contribution in [0.1, 0.15) is 48.9 Å². The zero-order valence-electron chi connectivity index (χ0n) is 15.1. The summed E-state index contributed by atoms with van der Waals surface area (Å²) in [5.41, 5.74) is 1.17. The summed E-state index contributed by atoms with van der Waals surface area (Å²) in [6.45, 7) is 5.48. The molecule has 1 aliphatic heterocycles. The van der Waals surface area contributed by atoms with E-state index in [2.05, 4.69) is 34.4 Å². The van der Waals surface area contributed by atoms with Gasteiger partial charge >= 0.3 is 0 Å². The molecule has 0 bridgehead atoms. The fourth-order valence-corrected chi connectivity index (χ4v) is 3.41. The van der Waals surface area contributed by atoms with E-state index >= 15 is 0 Å². The Bertz CT molecular complexity index is 735. The molecule has 2 heterocycles. The first-order valence-corrected chi connectivity index (χ1v) is 9.02. The van der Waals surface area contributed by atoms with Gasteiger partial charge in [0.05, 0.1) is 6.04 Å². The second-order valence-electron chi connectivity index (χ2n) is 6.64. The van der Waals surface area contributed by atoms with Crippen LogP contribution in [0.3, 0.4) is 0 Å². The van der Waals surface area contributed by atoms with Crippen LogP contribution in [0, 0.1) is 13.8 Å². The largest absolute Gasteiger partial charge is 0.341 e. The van der Waals surface area contributed by atoms with Gasteiger partial charge in [-0.15, -0.1) is 0 Å². The van der Waals surface area contributed by atoms with Crippen LogP contribution in [0.5, 0.6) is 0 Å². The lowest BCUT2D eigenvalue weighted by molar-refractivity contribution is -0.132. The maximum Gasteiger partial charge on any atom is 0.222 e. The zero-order valence-corrected chi connectivity index (χ0v) is 15.1. The minimum Gasteiger partial charge on any atom is -0.341 e. The molecule has 1 fully saturated rings. The number of benzene rings is 1. The van der Waals surface area contributed by atoms with E-state index in [0.717, 1.165) is 44.0 Å². The molecule has 1 atom stereocenters. The van der Waals surface area contributed by atoms with Crippen LogP contribution in [0.15, 0.2) is 36.4 Å². The Balaban J connectivity index is 1.52. The SMILES string of the molecule is Cc1nc(C)n(C2CCCN(C(=O)CC/C=C/c3ccccc3)C2)n1. The van der Waals surface area contributed by atoms with Crippen molar-refractivity contribution >= 4 is 12.0 Å². The van der Waals surface area contributed by atoms with E-state index in [0.29, 0.717) is 6.42 Å². The fourth-order valence-electron chi connectivity index (χ4n) is 3.41. The molecule has 0 saturated carbocycles. The molecule has 3 rings (SSSR count). The van der Waals surface area contributed by atoms with E-state index in [4.69, 9.17) is 0 Å². The number of likely N-dealkylation sites (tertiary alicyclic amines) is 1. The van der Waals surface area contributed by atoms with E-state index in [-0.39, 0.29) is 11.9 Å². The normalized spacial score (nSPS) is 18.0. The van der Waals surface area contributed by atoms with Gasteiger partial charge in [-0.1, -0.05) is 42.5 Å². The van der Waals surface area contributed by atoms with Crippen molar-refractivity contribution < 1.29 is 4.79 Å². The topological polar surface area (TPSA) is 51.0 Å². The first-order valence-electron chi connectivity index (χ1n) is 9.02. The lowest BCUT2D eigenvalue weighted by atomic mass is 10.0. The quantitative estimate of drug-likeness (QED) is 0.838. The maximum absolute atomic E-state index is 12.5. The number of hydrogen-bond acceptors (Lipinski definition) is 3. The van der Waals surface area contributed by atoms with Gasteiger partial charge < -0.3 is 4.90 Å². The van der Waals surface area contributed by atoms with Crippen LogP contribution in [0.2, 0.25) is 0 Å². The van der Waals surface area contributed by atoms with E-state index in [1.165, 1.54) is 5.56 Å². The third-order valence-corrected chi connectivity index (χ3v) is 4.64. The zero-order chi connectivity index (χ0) is 17.6. The van der Waals surface area contributed by atoms with E-state index < -0.39 is 0 Å². The Hall–Kier alpha value is -2.43. The van der Waals surface area contributed by atoms with Gasteiger partial charge in [0.15, 0.2) is 0 Å². The van der Waals surface area contributed by atoms with Crippen molar-refractivity contribution in [3.63, 3.8) is 0 Å². The van der Waals surface area contributed by atoms with Crippen molar-refractivity contribution in [2.45, 2.75) is 45.6 Å².